The highest BCUT2D eigenvalue weighted by atomic mass is 16.5. The van der Waals surface area contributed by atoms with Crippen LogP contribution < -0.4 is 10.1 Å². The molecular formula is C17H29N3O. The Morgan fingerprint density at radius 3 is 2.38 bits per heavy atom. The normalized spacial score (nSPS) is 17.3. The topological polar surface area (TPSA) is 47.0 Å². The number of nitrogens with zero attached hydrogens (tertiary/aromatic N) is 2. The van der Waals surface area contributed by atoms with E-state index in [9.17, 15) is 0 Å². The maximum atomic E-state index is 5.61. The molecule has 1 heterocycles. The van der Waals surface area contributed by atoms with Crippen LogP contribution in [-0.4, -0.2) is 22.6 Å². The maximum Gasteiger partial charge on any atom is 0.218 e. The average Bonchev–Trinajstić information content (AvgIpc) is 2.66. The van der Waals surface area contributed by atoms with Gasteiger partial charge in [0.25, 0.3) is 0 Å². The molecule has 0 atom stereocenters. The third kappa shape index (κ3) is 4.87. The first-order valence-electron chi connectivity index (χ1n) is 8.28. The van der Waals surface area contributed by atoms with E-state index in [0.717, 1.165) is 11.6 Å². The molecule has 1 aromatic heterocycles. The van der Waals surface area contributed by atoms with Crippen molar-refractivity contribution >= 4 is 5.82 Å². The zero-order chi connectivity index (χ0) is 15.3. The van der Waals surface area contributed by atoms with Crippen molar-refractivity contribution in [2.24, 2.45) is 0 Å². The quantitative estimate of drug-likeness (QED) is 0.840. The Bertz CT molecular complexity index is 446. The monoisotopic (exact) mass is 291 g/mol. The molecule has 4 heteroatoms. The molecule has 0 saturated heterocycles. The van der Waals surface area contributed by atoms with Crippen LogP contribution in [0.25, 0.3) is 0 Å². The third-order valence-corrected chi connectivity index (χ3v) is 3.87. The first-order chi connectivity index (χ1) is 9.99. The van der Waals surface area contributed by atoms with Gasteiger partial charge in [-0.3, -0.25) is 0 Å². The van der Waals surface area contributed by atoms with E-state index in [1.807, 2.05) is 13.0 Å². The molecule has 2 rings (SSSR count). The Labute approximate surface area is 128 Å². The Morgan fingerprint density at radius 2 is 1.81 bits per heavy atom. The van der Waals surface area contributed by atoms with Crippen molar-refractivity contribution in [3.8, 4) is 5.88 Å². The number of anilines is 1. The molecular weight excluding hydrogens is 262 g/mol. The fraction of sp³-hybridized carbons (Fsp3) is 0.765. The standard InChI is InChI=1S/C17H29N3O/c1-5-21-15-12-14(19-16(20-15)17(2,3)4)18-13-10-8-6-7-9-11-13/h12-13H,5-11H2,1-4H3,(H,18,19,20). The van der Waals surface area contributed by atoms with Crippen LogP contribution in [0, 0.1) is 0 Å². The van der Waals surface area contributed by atoms with E-state index >= 15 is 0 Å². The van der Waals surface area contributed by atoms with Gasteiger partial charge in [-0.25, -0.2) is 4.98 Å². The fourth-order valence-corrected chi connectivity index (χ4v) is 2.69. The van der Waals surface area contributed by atoms with Gasteiger partial charge in [-0.15, -0.1) is 0 Å². The smallest absolute Gasteiger partial charge is 0.218 e. The van der Waals surface area contributed by atoms with Crippen molar-refractivity contribution < 1.29 is 4.74 Å². The first kappa shape index (κ1) is 16.1. The number of nitrogens with one attached hydrogen (secondary N) is 1. The van der Waals surface area contributed by atoms with E-state index in [1.165, 1.54) is 38.5 Å². The second-order valence-electron chi connectivity index (χ2n) is 6.93. The van der Waals surface area contributed by atoms with Crippen molar-refractivity contribution in [1.82, 2.24) is 9.97 Å². The molecule has 0 radical (unpaired) electrons. The van der Waals surface area contributed by atoms with Gasteiger partial charge >= 0.3 is 0 Å². The lowest BCUT2D eigenvalue weighted by Crippen LogP contribution is -2.22. The van der Waals surface area contributed by atoms with Gasteiger partial charge in [-0.05, 0) is 19.8 Å². The predicted molar refractivity (Wildman–Crippen MR) is 87.0 cm³/mol. The molecule has 0 aromatic carbocycles. The number of aromatic nitrogens is 2. The van der Waals surface area contributed by atoms with Crippen molar-refractivity contribution in [1.29, 1.82) is 0 Å². The summed E-state index contributed by atoms with van der Waals surface area (Å²) in [6, 6.07) is 2.47. The van der Waals surface area contributed by atoms with Gasteiger partial charge in [0.1, 0.15) is 11.6 Å². The second kappa shape index (κ2) is 7.10. The van der Waals surface area contributed by atoms with Gasteiger partial charge in [0.05, 0.1) is 6.61 Å². The summed E-state index contributed by atoms with van der Waals surface area (Å²) >= 11 is 0. The average molecular weight is 291 g/mol. The summed E-state index contributed by atoms with van der Waals surface area (Å²) in [4.78, 5) is 9.24. The van der Waals surface area contributed by atoms with Gasteiger partial charge < -0.3 is 10.1 Å². The van der Waals surface area contributed by atoms with Crippen LogP contribution in [0.5, 0.6) is 5.88 Å². The van der Waals surface area contributed by atoms with Gasteiger partial charge in [0.15, 0.2) is 0 Å². The summed E-state index contributed by atoms with van der Waals surface area (Å²) in [6.45, 7) is 9.01. The molecule has 0 spiro atoms. The van der Waals surface area contributed by atoms with Crippen molar-refractivity contribution in [3.63, 3.8) is 0 Å². The van der Waals surface area contributed by atoms with Crippen molar-refractivity contribution in [3.05, 3.63) is 11.9 Å². The maximum absolute atomic E-state index is 5.61. The van der Waals surface area contributed by atoms with Crippen molar-refractivity contribution in [2.75, 3.05) is 11.9 Å². The van der Waals surface area contributed by atoms with E-state index in [4.69, 9.17) is 9.72 Å². The molecule has 1 aliphatic carbocycles. The summed E-state index contributed by atoms with van der Waals surface area (Å²) < 4.78 is 5.61. The molecule has 4 nitrogen and oxygen atoms in total. The van der Waals surface area contributed by atoms with Crippen LogP contribution in [0.15, 0.2) is 6.07 Å². The number of ether oxygens (including phenoxy) is 1. The van der Waals surface area contributed by atoms with Gasteiger partial charge in [0, 0.05) is 17.5 Å². The first-order valence-corrected chi connectivity index (χ1v) is 8.28. The lowest BCUT2D eigenvalue weighted by Gasteiger charge is -2.21. The van der Waals surface area contributed by atoms with E-state index in [-0.39, 0.29) is 5.41 Å². The molecule has 118 valence electrons. The lowest BCUT2D eigenvalue weighted by molar-refractivity contribution is 0.322. The summed E-state index contributed by atoms with van der Waals surface area (Å²) in [6.07, 6.45) is 7.82. The predicted octanol–water partition coefficient (Wildman–Crippen LogP) is 4.31. The Morgan fingerprint density at radius 1 is 1.14 bits per heavy atom. The van der Waals surface area contributed by atoms with Crippen LogP contribution in [0.3, 0.4) is 0 Å². The number of hydrogen-bond donors (Lipinski definition) is 1. The zero-order valence-electron chi connectivity index (χ0n) is 13.9. The Balaban J connectivity index is 2.18. The van der Waals surface area contributed by atoms with E-state index in [0.29, 0.717) is 18.5 Å². The molecule has 0 aliphatic heterocycles. The molecule has 0 bridgehead atoms. The van der Waals surface area contributed by atoms with E-state index in [1.54, 1.807) is 0 Å². The van der Waals surface area contributed by atoms with Crippen LogP contribution in [0.1, 0.15) is 72.0 Å². The molecule has 1 N–H and O–H groups in total. The van der Waals surface area contributed by atoms with Gasteiger partial charge in [-0.1, -0.05) is 46.5 Å². The van der Waals surface area contributed by atoms with Crippen molar-refractivity contribution in [2.45, 2.75) is 77.7 Å². The minimum absolute atomic E-state index is 0.0764. The zero-order valence-corrected chi connectivity index (χ0v) is 13.9. The van der Waals surface area contributed by atoms with Crippen LogP contribution in [0.4, 0.5) is 5.82 Å². The molecule has 21 heavy (non-hydrogen) atoms. The summed E-state index contributed by atoms with van der Waals surface area (Å²) in [7, 11) is 0. The van der Waals surface area contributed by atoms with Gasteiger partial charge in [-0.2, -0.15) is 4.98 Å². The van der Waals surface area contributed by atoms with Crippen LogP contribution >= 0.6 is 0 Å². The fourth-order valence-electron chi connectivity index (χ4n) is 2.69. The highest BCUT2D eigenvalue weighted by Crippen LogP contribution is 2.25. The van der Waals surface area contributed by atoms with Crippen LogP contribution in [-0.2, 0) is 5.41 Å². The summed E-state index contributed by atoms with van der Waals surface area (Å²) in [5.41, 5.74) is -0.0764. The molecule has 0 unspecified atom stereocenters. The number of rotatable bonds is 4. The molecule has 1 aromatic rings. The second-order valence-corrected chi connectivity index (χ2v) is 6.93. The molecule has 0 amide bonds. The Kier molecular flexibility index (Phi) is 5.43. The van der Waals surface area contributed by atoms with E-state index < -0.39 is 0 Å². The Hall–Kier alpha value is -1.32. The molecule has 1 saturated carbocycles. The minimum atomic E-state index is -0.0764. The van der Waals surface area contributed by atoms with E-state index in [2.05, 4.69) is 31.1 Å². The molecule has 1 fully saturated rings. The SMILES string of the molecule is CCOc1cc(NC2CCCCCC2)nc(C(C)(C)C)n1. The summed E-state index contributed by atoms with van der Waals surface area (Å²) in [5, 5.41) is 3.60. The highest BCUT2D eigenvalue weighted by Gasteiger charge is 2.21. The lowest BCUT2D eigenvalue weighted by atomic mass is 9.96. The third-order valence-electron chi connectivity index (χ3n) is 3.87. The highest BCUT2D eigenvalue weighted by molar-refractivity contribution is 5.40. The minimum Gasteiger partial charge on any atom is -0.478 e. The van der Waals surface area contributed by atoms with Crippen LogP contribution in [0.2, 0.25) is 0 Å². The summed E-state index contributed by atoms with van der Waals surface area (Å²) in [5.74, 6) is 2.42. The number of hydrogen-bond acceptors (Lipinski definition) is 4. The molecule has 1 aliphatic rings. The van der Waals surface area contributed by atoms with Gasteiger partial charge in [0.2, 0.25) is 5.88 Å². The largest absolute Gasteiger partial charge is 0.478 e.